The molecule has 4 heteroatoms. The summed E-state index contributed by atoms with van der Waals surface area (Å²) in [6.07, 6.45) is 2.62. The zero-order valence-corrected chi connectivity index (χ0v) is 10.7. The van der Waals surface area contributed by atoms with Crippen molar-refractivity contribution in [3.8, 4) is 0 Å². The summed E-state index contributed by atoms with van der Waals surface area (Å²) < 4.78 is 6.03. The third kappa shape index (κ3) is 4.08. The van der Waals surface area contributed by atoms with Gasteiger partial charge in [0.25, 0.3) is 0 Å². The molecule has 0 spiro atoms. The predicted octanol–water partition coefficient (Wildman–Crippen LogP) is 3.19. The van der Waals surface area contributed by atoms with Gasteiger partial charge in [-0.25, -0.2) is 0 Å². The summed E-state index contributed by atoms with van der Waals surface area (Å²) in [5.74, 6) is 0.971. The van der Waals surface area contributed by atoms with Gasteiger partial charge in [0.1, 0.15) is 5.76 Å². The molecule has 0 aliphatic carbocycles. The topological polar surface area (TPSA) is 33.5 Å². The van der Waals surface area contributed by atoms with Gasteiger partial charge in [-0.15, -0.1) is 0 Å². The van der Waals surface area contributed by atoms with Crippen molar-refractivity contribution in [1.82, 2.24) is 4.90 Å². The molecule has 1 rings (SSSR count). The SMILES string of the molecule is CCCCC(=O)N(C)Cc1ccc(Br)o1. The summed E-state index contributed by atoms with van der Waals surface area (Å²) in [5, 5.41) is 0. The Hall–Kier alpha value is -0.770. The first-order valence-electron chi connectivity index (χ1n) is 5.11. The Morgan fingerprint density at radius 1 is 1.53 bits per heavy atom. The molecular formula is C11H16BrNO2. The van der Waals surface area contributed by atoms with E-state index in [0.29, 0.717) is 17.6 Å². The van der Waals surface area contributed by atoms with Gasteiger partial charge in [0, 0.05) is 13.5 Å². The van der Waals surface area contributed by atoms with Crippen LogP contribution in [0.3, 0.4) is 0 Å². The van der Waals surface area contributed by atoms with Gasteiger partial charge in [0.15, 0.2) is 4.67 Å². The summed E-state index contributed by atoms with van der Waals surface area (Å²) in [7, 11) is 1.80. The van der Waals surface area contributed by atoms with E-state index in [9.17, 15) is 4.79 Å². The summed E-state index contributed by atoms with van der Waals surface area (Å²) in [6.45, 7) is 2.62. The Labute approximate surface area is 98.6 Å². The Balaban J connectivity index is 2.41. The van der Waals surface area contributed by atoms with Gasteiger partial charge in [0.05, 0.1) is 6.54 Å². The second-order valence-electron chi connectivity index (χ2n) is 3.56. The maximum Gasteiger partial charge on any atom is 0.222 e. The second kappa shape index (κ2) is 5.95. The molecule has 1 heterocycles. The van der Waals surface area contributed by atoms with Crippen LogP contribution in [0.2, 0.25) is 0 Å². The Bertz CT molecular complexity index is 322. The van der Waals surface area contributed by atoms with Crippen LogP contribution in [0.4, 0.5) is 0 Å². The molecule has 0 saturated carbocycles. The number of carbonyl (C=O) groups is 1. The molecule has 0 fully saturated rings. The minimum absolute atomic E-state index is 0.171. The van der Waals surface area contributed by atoms with Crippen molar-refractivity contribution in [3.63, 3.8) is 0 Å². The zero-order valence-electron chi connectivity index (χ0n) is 9.12. The van der Waals surface area contributed by atoms with Crippen molar-refractivity contribution in [2.24, 2.45) is 0 Å². The lowest BCUT2D eigenvalue weighted by Crippen LogP contribution is -2.25. The van der Waals surface area contributed by atoms with E-state index in [1.807, 2.05) is 12.1 Å². The second-order valence-corrected chi connectivity index (χ2v) is 4.34. The van der Waals surface area contributed by atoms with Crippen LogP contribution in [0.1, 0.15) is 31.9 Å². The number of furan rings is 1. The molecule has 0 aliphatic rings. The quantitative estimate of drug-likeness (QED) is 0.826. The molecule has 0 saturated heterocycles. The van der Waals surface area contributed by atoms with E-state index in [-0.39, 0.29) is 5.91 Å². The number of nitrogens with zero attached hydrogens (tertiary/aromatic N) is 1. The molecule has 3 nitrogen and oxygen atoms in total. The van der Waals surface area contributed by atoms with Crippen LogP contribution in [0.25, 0.3) is 0 Å². The first kappa shape index (κ1) is 12.3. The van der Waals surface area contributed by atoms with Gasteiger partial charge in [0.2, 0.25) is 5.91 Å². The van der Waals surface area contributed by atoms with E-state index < -0.39 is 0 Å². The molecule has 0 aromatic carbocycles. The number of unbranched alkanes of at least 4 members (excludes halogenated alkanes) is 1. The van der Waals surface area contributed by atoms with Gasteiger partial charge in [-0.3, -0.25) is 4.79 Å². The summed E-state index contributed by atoms with van der Waals surface area (Å²) in [6, 6.07) is 3.70. The van der Waals surface area contributed by atoms with E-state index in [0.717, 1.165) is 18.6 Å². The van der Waals surface area contributed by atoms with E-state index in [2.05, 4.69) is 22.9 Å². The molecule has 0 atom stereocenters. The average Bonchev–Trinajstić information content (AvgIpc) is 2.60. The number of hydrogen-bond acceptors (Lipinski definition) is 2. The van der Waals surface area contributed by atoms with E-state index >= 15 is 0 Å². The van der Waals surface area contributed by atoms with Crippen LogP contribution in [0, 0.1) is 0 Å². The molecule has 0 N–H and O–H groups in total. The number of carbonyl (C=O) groups excluding carboxylic acids is 1. The molecule has 84 valence electrons. The fraction of sp³-hybridized carbons (Fsp3) is 0.545. The highest BCUT2D eigenvalue weighted by Gasteiger charge is 2.10. The van der Waals surface area contributed by atoms with E-state index in [1.54, 1.807) is 11.9 Å². The molecular weight excluding hydrogens is 258 g/mol. The van der Waals surface area contributed by atoms with Crippen LogP contribution in [-0.4, -0.2) is 17.9 Å². The third-order valence-electron chi connectivity index (χ3n) is 2.19. The van der Waals surface area contributed by atoms with Gasteiger partial charge in [-0.1, -0.05) is 13.3 Å². The number of rotatable bonds is 5. The van der Waals surface area contributed by atoms with Crippen molar-refractivity contribution >= 4 is 21.8 Å². The number of hydrogen-bond donors (Lipinski definition) is 0. The van der Waals surface area contributed by atoms with Crippen LogP contribution in [0.5, 0.6) is 0 Å². The smallest absolute Gasteiger partial charge is 0.222 e. The van der Waals surface area contributed by atoms with Crippen molar-refractivity contribution in [2.75, 3.05) is 7.05 Å². The van der Waals surface area contributed by atoms with Crippen molar-refractivity contribution < 1.29 is 9.21 Å². The summed E-state index contributed by atoms with van der Waals surface area (Å²) in [4.78, 5) is 13.3. The monoisotopic (exact) mass is 273 g/mol. The highest BCUT2D eigenvalue weighted by atomic mass is 79.9. The van der Waals surface area contributed by atoms with Crippen LogP contribution in [-0.2, 0) is 11.3 Å². The maximum atomic E-state index is 11.6. The molecule has 0 bridgehead atoms. The fourth-order valence-electron chi connectivity index (χ4n) is 1.28. The maximum absolute atomic E-state index is 11.6. The first-order chi connectivity index (χ1) is 7.13. The van der Waals surface area contributed by atoms with Gasteiger partial charge < -0.3 is 9.32 Å². The van der Waals surface area contributed by atoms with Crippen molar-refractivity contribution in [1.29, 1.82) is 0 Å². The van der Waals surface area contributed by atoms with Crippen LogP contribution >= 0.6 is 15.9 Å². The zero-order chi connectivity index (χ0) is 11.3. The molecule has 1 amide bonds. The first-order valence-corrected chi connectivity index (χ1v) is 5.91. The van der Waals surface area contributed by atoms with Gasteiger partial charge in [-0.05, 0) is 34.5 Å². The van der Waals surface area contributed by atoms with Gasteiger partial charge >= 0.3 is 0 Å². The van der Waals surface area contributed by atoms with Crippen molar-refractivity contribution in [3.05, 3.63) is 22.6 Å². The lowest BCUT2D eigenvalue weighted by Gasteiger charge is -2.15. The normalized spacial score (nSPS) is 10.3. The summed E-state index contributed by atoms with van der Waals surface area (Å²) in [5.41, 5.74) is 0. The highest BCUT2D eigenvalue weighted by Crippen LogP contribution is 2.15. The van der Waals surface area contributed by atoms with Crippen molar-refractivity contribution in [2.45, 2.75) is 32.7 Å². The predicted molar refractivity (Wildman–Crippen MR) is 62.4 cm³/mol. The van der Waals surface area contributed by atoms with E-state index in [4.69, 9.17) is 4.42 Å². The van der Waals surface area contributed by atoms with E-state index in [1.165, 1.54) is 0 Å². The molecule has 1 aromatic rings. The number of halogens is 1. The minimum Gasteiger partial charge on any atom is -0.452 e. The Morgan fingerprint density at radius 3 is 2.80 bits per heavy atom. The summed E-state index contributed by atoms with van der Waals surface area (Å²) >= 11 is 3.23. The Kier molecular flexibility index (Phi) is 4.88. The van der Waals surface area contributed by atoms with Crippen LogP contribution < -0.4 is 0 Å². The number of amides is 1. The minimum atomic E-state index is 0.171. The molecule has 15 heavy (non-hydrogen) atoms. The lowest BCUT2D eigenvalue weighted by molar-refractivity contribution is -0.130. The fourth-order valence-corrected chi connectivity index (χ4v) is 1.62. The highest BCUT2D eigenvalue weighted by molar-refractivity contribution is 9.10. The standard InChI is InChI=1S/C11H16BrNO2/c1-3-4-5-11(14)13(2)8-9-6-7-10(12)15-9/h6-7H,3-5,8H2,1-2H3. The Morgan fingerprint density at radius 2 is 2.27 bits per heavy atom. The molecule has 0 unspecified atom stereocenters. The lowest BCUT2D eigenvalue weighted by atomic mass is 10.2. The molecule has 1 aromatic heterocycles. The average molecular weight is 274 g/mol. The third-order valence-corrected chi connectivity index (χ3v) is 2.62. The largest absolute Gasteiger partial charge is 0.452 e. The van der Waals surface area contributed by atoms with Gasteiger partial charge in [-0.2, -0.15) is 0 Å². The molecule has 0 radical (unpaired) electrons. The van der Waals surface area contributed by atoms with Crippen LogP contribution in [0.15, 0.2) is 21.2 Å². The molecule has 0 aliphatic heterocycles.